The second kappa shape index (κ2) is 9.28. The summed E-state index contributed by atoms with van der Waals surface area (Å²) in [6.07, 6.45) is 3.15. The third kappa shape index (κ3) is 5.14. The van der Waals surface area contributed by atoms with Gasteiger partial charge in [0.05, 0.1) is 14.2 Å². The third-order valence-electron chi connectivity index (χ3n) is 3.96. The van der Waals surface area contributed by atoms with Crippen LogP contribution in [0.2, 0.25) is 0 Å². The number of carbonyl (C=O) groups excluding carboxylic acids is 1. The number of benzene rings is 3. The zero-order valence-electron chi connectivity index (χ0n) is 15.7. The number of para-hydroxylation sites is 1. The van der Waals surface area contributed by atoms with Crippen molar-refractivity contribution in [2.45, 2.75) is 0 Å². The summed E-state index contributed by atoms with van der Waals surface area (Å²) < 4.78 is 16.2. The van der Waals surface area contributed by atoms with Gasteiger partial charge in [-0.05, 0) is 54.6 Å². The van der Waals surface area contributed by atoms with Crippen molar-refractivity contribution in [2.24, 2.45) is 0 Å². The number of hydrogen-bond donors (Lipinski definition) is 1. The highest BCUT2D eigenvalue weighted by atomic mass is 16.5. The summed E-state index contributed by atoms with van der Waals surface area (Å²) in [6, 6.07) is 22.1. The maximum atomic E-state index is 12.2. The van der Waals surface area contributed by atoms with Gasteiger partial charge >= 0.3 is 0 Å². The van der Waals surface area contributed by atoms with E-state index in [0.717, 1.165) is 11.3 Å². The maximum absolute atomic E-state index is 12.2. The highest BCUT2D eigenvalue weighted by molar-refractivity contribution is 6.02. The lowest BCUT2D eigenvalue weighted by molar-refractivity contribution is -0.111. The fourth-order valence-corrected chi connectivity index (χ4v) is 2.54. The van der Waals surface area contributed by atoms with E-state index in [1.54, 1.807) is 50.6 Å². The van der Waals surface area contributed by atoms with Crippen LogP contribution in [0, 0.1) is 0 Å². The van der Waals surface area contributed by atoms with Gasteiger partial charge in [0.2, 0.25) is 5.91 Å². The molecular weight excluding hydrogens is 354 g/mol. The molecule has 3 aromatic rings. The van der Waals surface area contributed by atoms with Gasteiger partial charge in [-0.3, -0.25) is 4.79 Å². The number of methoxy groups -OCH3 is 2. The van der Waals surface area contributed by atoms with E-state index in [1.165, 1.54) is 6.08 Å². The van der Waals surface area contributed by atoms with Crippen molar-refractivity contribution in [3.8, 4) is 23.0 Å². The van der Waals surface area contributed by atoms with E-state index in [2.05, 4.69) is 5.32 Å². The van der Waals surface area contributed by atoms with Crippen molar-refractivity contribution >= 4 is 17.7 Å². The van der Waals surface area contributed by atoms with Crippen LogP contribution in [0.1, 0.15) is 5.56 Å². The molecule has 0 bridgehead atoms. The molecule has 1 N–H and O–H groups in total. The Morgan fingerprint density at radius 2 is 1.50 bits per heavy atom. The molecule has 0 aliphatic rings. The van der Waals surface area contributed by atoms with Gasteiger partial charge in [0.25, 0.3) is 0 Å². The van der Waals surface area contributed by atoms with Crippen molar-refractivity contribution in [1.29, 1.82) is 0 Å². The SMILES string of the molecule is COc1ccc(/C=C/C(=O)Nc2ccc(Oc3ccccc3)cc2)c(OC)c1. The van der Waals surface area contributed by atoms with Crippen LogP contribution < -0.4 is 19.5 Å². The highest BCUT2D eigenvalue weighted by Crippen LogP contribution is 2.26. The summed E-state index contributed by atoms with van der Waals surface area (Å²) in [7, 11) is 3.17. The molecule has 0 atom stereocenters. The molecule has 142 valence electrons. The van der Waals surface area contributed by atoms with Crippen LogP contribution in [-0.2, 0) is 4.79 Å². The van der Waals surface area contributed by atoms with Crippen LogP contribution in [0.15, 0.2) is 78.9 Å². The van der Waals surface area contributed by atoms with Crippen molar-refractivity contribution in [3.05, 3.63) is 84.4 Å². The van der Waals surface area contributed by atoms with Crippen molar-refractivity contribution in [3.63, 3.8) is 0 Å². The van der Waals surface area contributed by atoms with Crippen LogP contribution in [-0.4, -0.2) is 20.1 Å². The number of hydrogen-bond acceptors (Lipinski definition) is 4. The largest absolute Gasteiger partial charge is 0.497 e. The first-order valence-corrected chi connectivity index (χ1v) is 8.72. The third-order valence-corrected chi connectivity index (χ3v) is 3.96. The van der Waals surface area contributed by atoms with Gasteiger partial charge in [-0.25, -0.2) is 0 Å². The monoisotopic (exact) mass is 375 g/mol. The molecule has 0 saturated heterocycles. The molecule has 5 heteroatoms. The molecule has 0 unspecified atom stereocenters. The molecule has 0 radical (unpaired) electrons. The van der Waals surface area contributed by atoms with Gasteiger partial charge in [0.15, 0.2) is 0 Å². The first-order chi connectivity index (χ1) is 13.7. The van der Waals surface area contributed by atoms with Crippen LogP contribution in [0.5, 0.6) is 23.0 Å². The fraction of sp³-hybridized carbons (Fsp3) is 0.0870. The average molecular weight is 375 g/mol. The number of amides is 1. The molecule has 3 aromatic carbocycles. The van der Waals surface area contributed by atoms with E-state index in [0.29, 0.717) is 22.9 Å². The molecule has 5 nitrogen and oxygen atoms in total. The quantitative estimate of drug-likeness (QED) is 0.581. The summed E-state index contributed by atoms with van der Waals surface area (Å²) in [6.45, 7) is 0. The average Bonchev–Trinajstić information content (AvgIpc) is 2.74. The predicted molar refractivity (Wildman–Crippen MR) is 110 cm³/mol. The number of anilines is 1. The van der Waals surface area contributed by atoms with Gasteiger partial charge in [0.1, 0.15) is 23.0 Å². The molecule has 0 heterocycles. The Morgan fingerprint density at radius 1 is 0.821 bits per heavy atom. The molecule has 28 heavy (non-hydrogen) atoms. The molecule has 0 aliphatic heterocycles. The Balaban J connectivity index is 1.61. The summed E-state index contributed by atoms with van der Waals surface area (Å²) in [5, 5.41) is 2.82. The van der Waals surface area contributed by atoms with Crippen LogP contribution in [0.4, 0.5) is 5.69 Å². The van der Waals surface area contributed by atoms with Crippen molar-refractivity contribution < 1.29 is 19.0 Å². The molecular formula is C23H21NO4. The first-order valence-electron chi connectivity index (χ1n) is 8.72. The number of carbonyl (C=O) groups is 1. The molecule has 0 aliphatic carbocycles. The summed E-state index contributed by atoms with van der Waals surface area (Å²) >= 11 is 0. The van der Waals surface area contributed by atoms with Crippen LogP contribution in [0.3, 0.4) is 0 Å². The second-order valence-electron chi connectivity index (χ2n) is 5.87. The van der Waals surface area contributed by atoms with E-state index in [1.807, 2.05) is 42.5 Å². The van der Waals surface area contributed by atoms with E-state index in [9.17, 15) is 4.79 Å². The zero-order valence-corrected chi connectivity index (χ0v) is 15.7. The first kappa shape index (κ1) is 19.0. The Kier molecular flexibility index (Phi) is 6.31. The zero-order chi connectivity index (χ0) is 19.8. The van der Waals surface area contributed by atoms with Crippen molar-refractivity contribution in [2.75, 3.05) is 19.5 Å². The summed E-state index contributed by atoms with van der Waals surface area (Å²) in [5.74, 6) is 2.54. The van der Waals surface area contributed by atoms with Gasteiger partial charge in [0, 0.05) is 23.4 Å². The van der Waals surface area contributed by atoms with E-state index in [4.69, 9.17) is 14.2 Å². The normalized spacial score (nSPS) is 10.5. The lowest BCUT2D eigenvalue weighted by Crippen LogP contribution is -2.07. The second-order valence-corrected chi connectivity index (χ2v) is 5.87. The van der Waals surface area contributed by atoms with Crippen molar-refractivity contribution in [1.82, 2.24) is 0 Å². The Hall–Kier alpha value is -3.73. The number of rotatable bonds is 7. The standard InChI is InChI=1S/C23H21NO4/c1-26-21-12-8-17(22(16-21)27-2)9-15-23(25)24-18-10-13-20(14-11-18)28-19-6-4-3-5-7-19/h3-16H,1-2H3,(H,24,25)/b15-9+. The minimum Gasteiger partial charge on any atom is -0.497 e. The Bertz CT molecular complexity index is 950. The lowest BCUT2D eigenvalue weighted by atomic mass is 10.1. The van der Waals surface area contributed by atoms with Crippen LogP contribution >= 0.6 is 0 Å². The molecule has 0 aromatic heterocycles. The van der Waals surface area contributed by atoms with Gasteiger partial charge < -0.3 is 19.5 Å². The predicted octanol–water partition coefficient (Wildman–Crippen LogP) is 5.15. The van der Waals surface area contributed by atoms with Gasteiger partial charge in [-0.1, -0.05) is 18.2 Å². The number of ether oxygens (including phenoxy) is 3. The maximum Gasteiger partial charge on any atom is 0.248 e. The highest BCUT2D eigenvalue weighted by Gasteiger charge is 2.04. The number of nitrogens with one attached hydrogen (secondary N) is 1. The summed E-state index contributed by atoms with van der Waals surface area (Å²) in [4.78, 5) is 12.2. The molecule has 0 saturated carbocycles. The smallest absolute Gasteiger partial charge is 0.248 e. The van der Waals surface area contributed by atoms with Gasteiger partial charge in [-0.2, -0.15) is 0 Å². The fourth-order valence-electron chi connectivity index (χ4n) is 2.54. The molecule has 1 amide bonds. The van der Waals surface area contributed by atoms with E-state index >= 15 is 0 Å². The summed E-state index contributed by atoms with van der Waals surface area (Å²) in [5.41, 5.74) is 1.46. The minimum atomic E-state index is -0.241. The van der Waals surface area contributed by atoms with E-state index in [-0.39, 0.29) is 5.91 Å². The topological polar surface area (TPSA) is 56.8 Å². The van der Waals surface area contributed by atoms with Crippen LogP contribution in [0.25, 0.3) is 6.08 Å². The van der Waals surface area contributed by atoms with Gasteiger partial charge in [-0.15, -0.1) is 0 Å². The minimum absolute atomic E-state index is 0.241. The molecule has 0 spiro atoms. The molecule has 3 rings (SSSR count). The van der Waals surface area contributed by atoms with E-state index < -0.39 is 0 Å². The molecule has 0 fully saturated rings. The lowest BCUT2D eigenvalue weighted by Gasteiger charge is -2.08. The Labute approximate surface area is 164 Å². The Morgan fingerprint density at radius 3 is 2.18 bits per heavy atom.